The monoisotopic (exact) mass is 533 g/mol. The van der Waals surface area contributed by atoms with Crippen molar-refractivity contribution in [3.05, 3.63) is 59.3 Å². The van der Waals surface area contributed by atoms with E-state index in [0.717, 1.165) is 16.1 Å². The number of aliphatic carboxylic acids is 1. The van der Waals surface area contributed by atoms with Crippen LogP contribution in [0.25, 0.3) is 5.52 Å². The van der Waals surface area contributed by atoms with Gasteiger partial charge < -0.3 is 20.1 Å². The first-order valence-electron chi connectivity index (χ1n) is 10.1. The number of hydrogen-bond acceptors (Lipinski definition) is 7. The first-order valence-corrected chi connectivity index (χ1v) is 12.3. The Morgan fingerprint density at radius 2 is 1.83 bits per heavy atom. The van der Waals surface area contributed by atoms with Crippen LogP contribution in [0.1, 0.15) is 16.3 Å². The molecule has 4 heterocycles. The first-order chi connectivity index (χ1) is 16.4. The minimum absolute atomic E-state index is 0.184. The van der Waals surface area contributed by atoms with Gasteiger partial charge in [0, 0.05) is 12.4 Å². The maximum absolute atomic E-state index is 12.8. The van der Waals surface area contributed by atoms with Crippen LogP contribution in [0.2, 0.25) is 5.02 Å². The van der Waals surface area contributed by atoms with Gasteiger partial charge in [-0.15, -0.1) is 0 Å². The standard InChI is InChI=1S/C18H18ClN5O3S.C2HF3O2/c19-13-4-5-16(20-11-13)22-18(25)17-21-14(15-3-1-2-6-24(15)17)12-23-7-9-28(26,27)10-8-23;3-2(4,5)1(6)7/h1-6,11H,7-10,12H2,(H,20,22,25);(H,6,7). The van der Waals surface area contributed by atoms with Gasteiger partial charge in [-0.1, -0.05) is 17.7 Å². The van der Waals surface area contributed by atoms with Crippen LogP contribution in [0.5, 0.6) is 0 Å². The number of hydrogen-bond donors (Lipinski definition) is 2. The number of halogens is 4. The number of carbonyl (C=O) groups is 2. The normalized spacial score (nSPS) is 15.8. The van der Waals surface area contributed by atoms with E-state index < -0.39 is 22.0 Å². The Morgan fingerprint density at radius 1 is 1.17 bits per heavy atom. The highest BCUT2D eigenvalue weighted by Crippen LogP contribution is 2.15. The van der Waals surface area contributed by atoms with Gasteiger partial charge in [0.15, 0.2) is 9.84 Å². The summed E-state index contributed by atoms with van der Waals surface area (Å²) >= 11 is 5.83. The van der Waals surface area contributed by atoms with Crippen molar-refractivity contribution in [3.63, 3.8) is 0 Å². The number of rotatable bonds is 4. The molecule has 0 unspecified atom stereocenters. The molecule has 0 spiro atoms. The summed E-state index contributed by atoms with van der Waals surface area (Å²) in [7, 11) is -2.92. The van der Waals surface area contributed by atoms with Crippen LogP contribution in [0, 0.1) is 0 Å². The van der Waals surface area contributed by atoms with Crippen LogP contribution in [0.4, 0.5) is 19.0 Å². The molecule has 0 atom stereocenters. The summed E-state index contributed by atoms with van der Waals surface area (Å²) in [5.41, 5.74) is 1.60. The van der Waals surface area contributed by atoms with E-state index in [4.69, 9.17) is 21.5 Å². The Hall–Kier alpha value is -3.23. The molecular formula is C20H19ClF3N5O5S. The lowest BCUT2D eigenvalue weighted by Crippen LogP contribution is -3.13. The third-order valence-electron chi connectivity index (χ3n) is 4.98. The molecule has 0 aliphatic carbocycles. The molecule has 0 bridgehead atoms. The van der Waals surface area contributed by atoms with Crippen molar-refractivity contribution in [3.8, 4) is 0 Å². The van der Waals surface area contributed by atoms with Gasteiger partial charge in [-0.2, -0.15) is 13.2 Å². The number of amides is 1. The van der Waals surface area contributed by atoms with E-state index in [1.54, 1.807) is 22.7 Å². The summed E-state index contributed by atoms with van der Waals surface area (Å²) in [4.78, 5) is 31.3. The summed E-state index contributed by atoms with van der Waals surface area (Å²) in [6.07, 6.45) is -1.95. The van der Waals surface area contributed by atoms with Crippen molar-refractivity contribution in [1.82, 2.24) is 14.4 Å². The van der Waals surface area contributed by atoms with Crippen molar-refractivity contribution in [2.75, 3.05) is 29.9 Å². The number of nitrogens with one attached hydrogen (secondary N) is 2. The molecule has 188 valence electrons. The minimum Gasteiger partial charge on any atom is -0.542 e. The average Bonchev–Trinajstić information content (AvgIpc) is 3.15. The molecule has 1 aliphatic rings. The van der Waals surface area contributed by atoms with Gasteiger partial charge >= 0.3 is 6.18 Å². The van der Waals surface area contributed by atoms with Crippen molar-refractivity contribution in [2.45, 2.75) is 12.7 Å². The number of nitrogens with zero attached hydrogens (tertiary/aromatic N) is 3. The number of anilines is 1. The smallest absolute Gasteiger partial charge is 0.430 e. The van der Waals surface area contributed by atoms with Crippen LogP contribution in [0.3, 0.4) is 0 Å². The molecule has 0 aromatic carbocycles. The lowest BCUT2D eigenvalue weighted by molar-refractivity contribution is -0.910. The lowest BCUT2D eigenvalue weighted by atomic mass is 10.3. The number of carbonyl (C=O) groups excluding carboxylic acids is 2. The molecule has 1 aliphatic heterocycles. The number of fused-ring (bicyclic) bond motifs is 1. The number of pyridine rings is 2. The zero-order valence-corrected chi connectivity index (χ0v) is 19.5. The minimum atomic E-state index is -5.19. The molecule has 3 aromatic heterocycles. The molecule has 0 saturated carbocycles. The van der Waals surface area contributed by atoms with E-state index in [0.29, 0.717) is 30.5 Å². The molecule has 15 heteroatoms. The highest BCUT2D eigenvalue weighted by Gasteiger charge is 2.29. The van der Waals surface area contributed by atoms with Gasteiger partial charge in [0.05, 0.1) is 35.1 Å². The van der Waals surface area contributed by atoms with E-state index in [1.807, 2.05) is 18.2 Å². The molecule has 1 fully saturated rings. The fraction of sp³-hybridized carbons (Fsp3) is 0.300. The second-order valence-electron chi connectivity index (χ2n) is 7.52. The third kappa shape index (κ3) is 7.13. The van der Waals surface area contributed by atoms with E-state index >= 15 is 0 Å². The second kappa shape index (κ2) is 10.6. The number of carboxylic acids is 1. The number of quaternary nitrogens is 1. The van der Waals surface area contributed by atoms with Crippen LogP contribution in [-0.4, -0.2) is 65.4 Å². The summed E-state index contributed by atoms with van der Waals surface area (Å²) in [6, 6.07) is 8.89. The summed E-state index contributed by atoms with van der Waals surface area (Å²) in [5, 5.41) is 12.0. The number of sulfone groups is 1. The van der Waals surface area contributed by atoms with Crippen LogP contribution in [0.15, 0.2) is 42.7 Å². The SMILES string of the molecule is O=C(Nc1ccc(Cl)cn1)c1nc(C[NH+]2CCS(=O)(=O)CC2)c2ccccn12.O=C([O-])C(F)(F)F. The summed E-state index contributed by atoms with van der Waals surface area (Å²) in [6.45, 7) is 1.66. The zero-order valence-electron chi connectivity index (χ0n) is 17.9. The number of alkyl halides is 3. The first kappa shape index (κ1) is 26.4. The summed E-state index contributed by atoms with van der Waals surface area (Å²) in [5.74, 6) is -2.37. The van der Waals surface area contributed by atoms with Gasteiger partial charge in [0.1, 0.15) is 24.0 Å². The summed E-state index contributed by atoms with van der Waals surface area (Å²) < 4.78 is 56.6. The Balaban J connectivity index is 0.000000429. The van der Waals surface area contributed by atoms with Gasteiger partial charge in [-0.05, 0) is 24.3 Å². The predicted octanol–water partition coefficient (Wildman–Crippen LogP) is -0.253. The van der Waals surface area contributed by atoms with Gasteiger partial charge in [-0.3, -0.25) is 9.20 Å². The molecule has 35 heavy (non-hydrogen) atoms. The van der Waals surface area contributed by atoms with Gasteiger partial charge in [-0.25, -0.2) is 18.4 Å². The Labute approximate surface area is 202 Å². The number of carboxylic acid groups (broad SMARTS) is 1. The second-order valence-corrected chi connectivity index (χ2v) is 10.3. The van der Waals surface area contributed by atoms with E-state index in [2.05, 4.69) is 15.3 Å². The molecule has 2 N–H and O–H groups in total. The zero-order chi connectivity index (χ0) is 25.8. The molecule has 1 amide bonds. The van der Waals surface area contributed by atoms with Crippen molar-refractivity contribution < 1.29 is 41.2 Å². The molecule has 1 saturated heterocycles. The van der Waals surface area contributed by atoms with E-state index in [9.17, 15) is 26.4 Å². The van der Waals surface area contributed by atoms with Crippen molar-refractivity contribution in [1.29, 1.82) is 0 Å². The quantitative estimate of drug-likeness (QED) is 0.471. The lowest BCUT2D eigenvalue weighted by Gasteiger charge is -2.22. The van der Waals surface area contributed by atoms with Gasteiger partial charge in [0.2, 0.25) is 5.82 Å². The largest absolute Gasteiger partial charge is 0.542 e. The fourth-order valence-corrected chi connectivity index (χ4v) is 4.77. The molecule has 10 nitrogen and oxygen atoms in total. The van der Waals surface area contributed by atoms with Crippen LogP contribution < -0.4 is 15.3 Å². The van der Waals surface area contributed by atoms with E-state index in [1.165, 1.54) is 6.20 Å². The predicted molar refractivity (Wildman–Crippen MR) is 117 cm³/mol. The highest BCUT2D eigenvalue weighted by atomic mass is 35.5. The van der Waals surface area contributed by atoms with Crippen molar-refractivity contribution in [2.24, 2.45) is 0 Å². The molecule has 4 rings (SSSR count). The topological polar surface area (TPSA) is 138 Å². The maximum Gasteiger partial charge on any atom is 0.430 e. The fourth-order valence-electron chi connectivity index (χ4n) is 3.25. The van der Waals surface area contributed by atoms with Gasteiger partial charge in [0.25, 0.3) is 5.91 Å². The maximum atomic E-state index is 12.8. The number of imidazole rings is 1. The Morgan fingerprint density at radius 3 is 2.40 bits per heavy atom. The molecular weight excluding hydrogens is 515 g/mol. The average molecular weight is 534 g/mol. The third-order valence-corrected chi connectivity index (χ3v) is 6.85. The highest BCUT2D eigenvalue weighted by molar-refractivity contribution is 7.91. The Bertz CT molecular complexity index is 1320. The molecule has 0 radical (unpaired) electrons. The number of aromatic nitrogens is 3. The van der Waals surface area contributed by atoms with E-state index in [-0.39, 0.29) is 23.2 Å². The molecule has 3 aromatic rings. The van der Waals surface area contributed by atoms with Crippen LogP contribution in [-0.2, 0) is 21.2 Å². The van der Waals surface area contributed by atoms with Crippen molar-refractivity contribution >= 4 is 44.6 Å². The Kier molecular flexibility index (Phi) is 7.97. The van der Waals surface area contributed by atoms with Crippen LogP contribution >= 0.6 is 11.6 Å².